The maximum absolute atomic E-state index is 11.6. The zero-order chi connectivity index (χ0) is 12.8. The predicted octanol–water partition coefficient (Wildman–Crippen LogP) is 2.79. The molecule has 1 aromatic heterocycles. The second-order valence-electron chi connectivity index (χ2n) is 3.68. The van der Waals surface area contributed by atoms with E-state index < -0.39 is 6.09 Å². The van der Waals surface area contributed by atoms with Gasteiger partial charge in [0.15, 0.2) is 0 Å². The van der Waals surface area contributed by atoms with Crippen molar-refractivity contribution < 1.29 is 9.53 Å². The van der Waals surface area contributed by atoms with Crippen LogP contribution in [0.4, 0.5) is 10.6 Å². The molecular formula is C13H13N3O2. The lowest BCUT2D eigenvalue weighted by atomic mass is 10.1. The van der Waals surface area contributed by atoms with Gasteiger partial charge in [-0.2, -0.15) is 0 Å². The first-order chi connectivity index (χ1) is 8.75. The molecule has 0 saturated carbocycles. The first-order valence-electron chi connectivity index (χ1n) is 5.54. The topological polar surface area (TPSA) is 64.1 Å². The van der Waals surface area contributed by atoms with Crippen LogP contribution < -0.4 is 5.32 Å². The highest BCUT2D eigenvalue weighted by atomic mass is 16.6. The van der Waals surface area contributed by atoms with Crippen molar-refractivity contribution in [3.05, 3.63) is 54.5 Å². The minimum Gasteiger partial charge on any atom is -0.441 e. The summed E-state index contributed by atoms with van der Waals surface area (Å²) < 4.78 is 5.23. The van der Waals surface area contributed by atoms with Gasteiger partial charge in [0.1, 0.15) is 18.2 Å². The number of benzene rings is 1. The third-order valence-corrected chi connectivity index (χ3v) is 2.36. The van der Waals surface area contributed by atoms with Crippen LogP contribution in [0.25, 0.3) is 0 Å². The van der Waals surface area contributed by atoms with Crippen LogP contribution in [0.15, 0.2) is 48.9 Å². The Kier molecular flexibility index (Phi) is 3.86. The van der Waals surface area contributed by atoms with E-state index in [4.69, 9.17) is 4.74 Å². The molecule has 0 aliphatic heterocycles. The summed E-state index contributed by atoms with van der Waals surface area (Å²) in [4.78, 5) is 19.2. The van der Waals surface area contributed by atoms with Gasteiger partial charge in [-0.3, -0.25) is 5.32 Å². The lowest BCUT2D eigenvalue weighted by molar-refractivity contribution is 0.121. The lowest BCUT2D eigenvalue weighted by Gasteiger charge is -2.13. The van der Waals surface area contributed by atoms with Crippen molar-refractivity contribution in [3.63, 3.8) is 0 Å². The van der Waals surface area contributed by atoms with Crippen molar-refractivity contribution in [2.45, 2.75) is 13.0 Å². The Bertz CT molecular complexity index is 502. The number of ether oxygens (including phenoxy) is 1. The van der Waals surface area contributed by atoms with E-state index in [2.05, 4.69) is 15.3 Å². The zero-order valence-corrected chi connectivity index (χ0v) is 9.91. The lowest BCUT2D eigenvalue weighted by Crippen LogP contribution is -2.16. The molecule has 1 heterocycles. The molecular weight excluding hydrogens is 230 g/mol. The number of anilines is 1. The van der Waals surface area contributed by atoms with Crippen LogP contribution in [-0.2, 0) is 4.74 Å². The van der Waals surface area contributed by atoms with Gasteiger partial charge in [0.2, 0.25) is 0 Å². The van der Waals surface area contributed by atoms with E-state index in [1.165, 1.54) is 6.33 Å². The van der Waals surface area contributed by atoms with E-state index in [-0.39, 0.29) is 6.10 Å². The Balaban J connectivity index is 1.92. The quantitative estimate of drug-likeness (QED) is 0.900. The highest BCUT2D eigenvalue weighted by molar-refractivity contribution is 5.83. The van der Waals surface area contributed by atoms with Crippen LogP contribution >= 0.6 is 0 Å². The number of nitrogens with zero attached hydrogens (tertiary/aromatic N) is 2. The van der Waals surface area contributed by atoms with Gasteiger partial charge in [0.05, 0.1) is 0 Å². The highest BCUT2D eigenvalue weighted by Gasteiger charge is 2.11. The average Bonchev–Trinajstić information content (AvgIpc) is 2.40. The molecule has 2 aromatic rings. The maximum atomic E-state index is 11.6. The Labute approximate surface area is 105 Å². The molecule has 1 aromatic carbocycles. The van der Waals surface area contributed by atoms with Crippen molar-refractivity contribution in [3.8, 4) is 0 Å². The molecule has 5 nitrogen and oxygen atoms in total. The Hall–Kier alpha value is -2.43. The zero-order valence-electron chi connectivity index (χ0n) is 9.91. The molecule has 1 unspecified atom stereocenters. The van der Waals surface area contributed by atoms with E-state index in [1.807, 2.05) is 37.3 Å². The molecule has 0 bridgehead atoms. The van der Waals surface area contributed by atoms with Crippen molar-refractivity contribution in [1.29, 1.82) is 0 Å². The Morgan fingerprint density at radius 2 is 2.06 bits per heavy atom. The van der Waals surface area contributed by atoms with Crippen LogP contribution in [0.1, 0.15) is 18.6 Å². The third kappa shape index (κ3) is 3.28. The predicted molar refractivity (Wildman–Crippen MR) is 67.0 cm³/mol. The largest absolute Gasteiger partial charge is 0.441 e. The number of hydrogen-bond donors (Lipinski definition) is 1. The summed E-state index contributed by atoms with van der Waals surface area (Å²) in [6.07, 6.45) is 2.05. The van der Waals surface area contributed by atoms with E-state index in [1.54, 1.807) is 12.3 Å². The molecule has 18 heavy (non-hydrogen) atoms. The maximum Gasteiger partial charge on any atom is 0.413 e. The summed E-state index contributed by atoms with van der Waals surface area (Å²) in [6.45, 7) is 1.81. The molecule has 0 aliphatic rings. The smallest absolute Gasteiger partial charge is 0.413 e. The molecule has 1 amide bonds. The Morgan fingerprint density at radius 3 is 2.72 bits per heavy atom. The molecule has 0 fully saturated rings. The number of nitrogens with one attached hydrogen (secondary N) is 1. The standard InChI is InChI=1S/C13H13N3O2/c1-10(11-5-3-2-4-6-11)18-13(17)16-12-7-8-14-9-15-12/h2-10H,1H3,(H,14,15,16,17). The molecule has 92 valence electrons. The summed E-state index contributed by atoms with van der Waals surface area (Å²) in [7, 11) is 0. The van der Waals surface area contributed by atoms with Crippen LogP contribution in [0, 0.1) is 0 Å². The minimum absolute atomic E-state index is 0.312. The number of aromatic nitrogens is 2. The second kappa shape index (κ2) is 5.77. The van der Waals surface area contributed by atoms with Crippen molar-refractivity contribution in [1.82, 2.24) is 9.97 Å². The van der Waals surface area contributed by atoms with Crippen LogP contribution in [0.5, 0.6) is 0 Å². The van der Waals surface area contributed by atoms with Gasteiger partial charge in [-0.1, -0.05) is 30.3 Å². The second-order valence-corrected chi connectivity index (χ2v) is 3.68. The summed E-state index contributed by atoms with van der Waals surface area (Å²) >= 11 is 0. The monoisotopic (exact) mass is 243 g/mol. The molecule has 2 rings (SSSR count). The van der Waals surface area contributed by atoms with Crippen molar-refractivity contribution >= 4 is 11.9 Å². The van der Waals surface area contributed by atoms with E-state index in [0.717, 1.165) is 5.56 Å². The van der Waals surface area contributed by atoms with Gasteiger partial charge >= 0.3 is 6.09 Å². The summed E-state index contributed by atoms with van der Waals surface area (Å²) in [5.74, 6) is 0.412. The van der Waals surface area contributed by atoms with Crippen LogP contribution in [0.3, 0.4) is 0 Å². The van der Waals surface area contributed by atoms with E-state index in [9.17, 15) is 4.79 Å². The Morgan fingerprint density at radius 1 is 1.28 bits per heavy atom. The van der Waals surface area contributed by atoms with Crippen LogP contribution in [-0.4, -0.2) is 16.1 Å². The normalized spacial score (nSPS) is 11.6. The van der Waals surface area contributed by atoms with E-state index in [0.29, 0.717) is 5.82 Å². The minimum atomic E-state index is -0.537. The fourth-order valence-corrected chi connectivity index (χ4v) is 1.45. The fourth-order valence-electron chi connectivity index (χ4n) is 1.45. The van der Waals surface area contributed by atoms with Gasteiger partial charge in [-0.05, 0) is 18.6 Å². The van der Waals surface area contributed by atoms with Gasteiger partial charge in [-0.25, -0.2) is 14.8 Å². The molecule has 0 radical (unpaired) electrons. The average molecular weight is 243 g/mol. The highest BCUT2D eigenvalue weighted by Crippen LogP contribution is 2.16. The van der Waals surface area contributed by atoms with Gasteiger partial charge in [-0.15, -0.1) is 0 Å². The fraction of sp³-hybridized carbons (Fsp3) is 0.154. The van der Waals surface area contributed by atoms with Crippen molar-refractivity contribution in [2.75, 3.05) is 5.32 Å². The van der Waals surface area contributed by atoms with E-state index >= 15 is 0 Å². The summed E-state index contributed by atoms with van der Waals surface area (Å²) in [5.41, 5.74) is 0.940. The molecule has 0 spiro atoms. The van der Waals surface area contributed by atoms with Gasteiger partial charge in [0, 0.05) is 6.20 Å². The molecule has 1 atom stereocenters. The molecule has 5 heteroatoms. The number of hydrogen-bond acceptors (Lipinski definition) is 4. The van der Waals surface area contributed by atoms with Crippen molar-refractivity contribution in [2.24, 2.45) is 0 Å². The SMILES string of the molecule is CC(OC(=O)Nc1ccncn1)c1ccccc1. The van der Waals surface area contributed by atoms with Gasteiger partial charge < -0.3 is 4.74 Å². The number of carbonyl (C=O) groups excluding carboxylic acids is 1. The van der Waals surface area contributed by atoms with Crippen LogP contribution in [0.2, 0.25) is 0 Å². The van der Waals surface area contributed by atoms with Gasteiger partial charge in [0.25, 0.3) is 0 Å². The first kappa shape index (κ1) is 12.0. The third-order valence-electron chi connectivity index (χ3n) is 2.36. The molecule has 0 aliphatic carbocycles. The number of carbonyl (C=O) groups is 1. The first-order valence-corrected chi connectivity index (χ1v) is 5.54. The molecule has 0 saturated heterocycles. The summed E-state index contributed by atoms with van der Waals surface area (Å²) in [6, 6.07) is 11.1. The molecule has 1 N–H and O–H groups in total. The number of rotatable bonds is 3. The summed E-state index contributed by atoms with van der Waals surface area (Å²) in [5, 5.41) is 2.53. The number of amides is 1.